The fourth-order valence-corrected chi connectivity index (χ4v) is 2.38. The molecule has 0 aromatic carbocycles. The molecular formula is C13H13F2N3O2S. The zero-order valence-corrected chi connectivity index (χ0v) is 12.2. The van der Waals surface area contributed by atoms with Gasteiger partial charge in [-0.1, -0.05) is 6.92 Å². The van der Waals surface area contributed by atoms with Crippen molar-refractivity contribution in [3.05, 3.63) is 33.9 Å². The summed E-state index contributed by atoms with van der Waals surface area (Å²) in [7, 11) is 0. The number of aromatic nitrogens is 2. The van der Waals surface area contributed by atoms with Crippen molar-refractivity contribution in [2.75, 3.05) is 5.32 Å². The highest BCUT2D eigenvalue weighted by atomic mass is 32.1. The van der Waals surface area contributed by atoms with E-state index in [1.807, 2.05) is 6.92 Å². The molecule has 5 nitrogen and oxygen atoms in total. The van der Waals surface area contributed by atoms with Crippen LogP contribution in [0.15, 0.2) is 18.5 Å². The van der Waals surface area contributed by atoms with Crippen molar-refractivity contribution < 1.29 is 18.7 Å². The minimum absolute atomic E-state index is 0.0548. The standard InChI is InChI=1S/C13H13F2N3O2S/c1-3-11-17-6-9(21-11)12(20)18-10-4-7(13(2,14)15)8(19)5-16-10/h4-6,19H,3H2,1-2H3,(H,16,18,20). The Labute approximate surface area is 123 Å². The van der Waals surface area contributed by atoms with E-state index in [2.05, 4.69) is 15.3 Å². The maximum atomic E-state index is 13.3. The number of aryl methyl sites for hydroxylation is 1. The van der Waals surface area contributed by atoms with Gasteiger partial charge in [-0.25, -0.2) is 18.7 Å². The lowest BCUT2D eigenvalue weighted by atomic mass is 10.1. The van der Waals surface area contributed by atoms with Gasteiger partial charge in [-0.15, -0.1) is 11.3 Å². The minimum Gasteiger partial charge on any atom is -0.506 e. The van der Waals surface area contributed by atoms with Gasteiger partial charge in [-0.05, 0) is 12.5 Å². The van der Waals surface area contributed by atoms with Crippen LogP contribution in [0.4, 0.5) is 14.6 Å². The molecule has 0 radical (unpaired) electrons. The van der Waals surface area contributed by atoms with Crippen LogP contribution in [0.2, 0.25) is 0 Å². The van der Waals surface area contributed by atoms with Crippen molar-refractivity contribution in [1.29, 1.82) is 0 Å². The van der Waals surface area contributed by atoms with Crippen molar-refractivity contribution in [2.24, 2.45) is 0 Å². The van der Waals surface area contributed by atoms with Crippen LogP contribution in [0.5, 0.6) is 5.75 Å². The molecule has 2 rings (SSSR count). The van der Waals surface area contributed by atoms with Crippen LogP contribution in [0, 0.1) is 0 Å². The fraction of sp³-hybridized carbons (Fsp3) is 0.308. The van der Waals surface area contributed by atoms with Crippen LogP contribution in [0.3, 0.4) is 0 Å². The van der Waals surface area contributed by atoms with E-state index in [0.717, 1.165) is 17.3 Å². The summed E-state index contributed by atoms with van der Waals surface area (Å²) < 4.78 is 26.6. The SMILES string of the molecule is CCc1ncc(C(=O)Nc2cc(C(C)(F)F)c(O)cn2)s1. The van der Waals surface area contributed by atoms with E-state index >= 15 is 0 Å². The van der Waals surface area contributed by atoms with Gasteiger partial charge in [0, 0.05) is 6.92 Å². The first kappa shape index (κ1) is 15.3. The first-order chi connectivity index (χ1) is 9.81. The Hall–Kier alpha value is -2.09. The molecule has 0 aliphatic heterocycles. The second-order valence-electron chi connectivity index (χ2n) is 4.40. The summed E-state index contributed by atoms with van der Waals surface area (Å²) in [6.07, 6.45) is 3.02. The summed E-state index contributed by atoms with van der Waals surface area (Å²) >= 11 is 1.22. The summed E-state index contributed by atoms with van der Waals surface area (Å²) in [5, 5.41) is 12.6. The Morgan fingerprint density at radius 1 is 1.43 bits per heavy atom. The molecular weight excluding hydrogens is 300 g/mol. The highest BCUT2D eigenvalue weighted by Crippen LogP contribution is 2.34. The van der Waals surface area contributed by atoms with E-state index < -0.39 is 23.1 Å². The van der Waals surface area contributed by atoms with E-state index in [0.29, 0.717) is 18.2 Å². The Balaban J connectivity index is 2.21. The summed E-state index contributed by atoms with van der Waals surface area (Å²) in [6, 6.07) is 0.953. The average Bonchev–Trinajstić information content (AvgIpc) is 2.88. The third-order valence-corrected chi connectivity index (χ3v) is 3.82. The lowest BCUT2D eigenvalue weighted by molar-refractivity contribution is 0.0151. The molecule has 8 heteroatoms. The number of pyridine rings is 1. The molecule has 2 aromatic heterocycles. The molecule has 0 saturated carbocycles. The smallest absolute Gasteiger partial charge is 0.274 e. The van der Waals surface area contributed by atoms with Gasteiger partial charge >= 0.3 is 0 Å². The molecule has 2 aromatic rings. The number of aromatic hydroxyl groups is 1. The molecule has 21 heavy (non-hydrogen) atoms. The number of thiazole rings is 1. The highest BCUT2D eigenvalue weighted by Gasteiger charge is 2.29. The predicted molar refractivity (Wildman–Crippen MR) is 74.9 cm³/mol. The Bertz CT molecular complexity index is 668. The zero-order chi connectivity index (χ0) is 15.6. The minimum atomic E-state index is -3.23. The van der Waals surface area contributed by atoms with Gasteiger partial charge in [0.25, 0.3) is 11.8 Å². The van der Waals surface area contributed by atoms with Crippen molar-refractivity contribution in [3.63, 3.8) is 0 Å². The Morgan fingerprint density at radius 2 is 2.14 bits per heavy atom. The lowest BCUT2D eigenvalue weighted by Crippen LogP contribution is -2.14. The molecule has 1 amide bonds. The third kappa shape index (κ3) is 3.52. The van der Waals surface area contributed by atoms with Gasteiger partial charge in [0.05, 0.1) is 23.0 Å². The second kappa shape index (κ2) is 5.72. The van der Waals surface area contributed by atoms with Crippen LogP contribution in [-0.4, -0.2) is 21.0 Å². The van der Waals surface area contributed by atoms with Crippen LogP contribution >= 0.6 is 11.3 Å². The summed E-state index contributed by atoms with van der Waals surface area (Å²) in [6.45, 7) is 2.57. The monoisotopic (exact) mass is 313 g/mol. The van der Waals surface area contributed by atoms with Gasteiger partial charge in [0.15, 0.2) is 0 Å². The normalized spacial score (nSPS) is 11.4. The molecule has 0 unspecified atom stereocenters. The largest absolute Gasteiger partial charge is 0.506 e. The molecule has 0 fully saturated rings. The van der Waals surface area contributed by atoms with Gasteiger partial charge in [-0.2, -0.15) is 0 Å². The van der Waals surface area contributed by atoms with Gasteiger partial charge < -0.3 is 10.4 Å². The van der Waals surface area contributed by atoms with E-state index in [9.17, 15) is 18.7 Å². The van der Waals surface area contributed by atoms with Crippen molar-refractivity contribution in [2.45, 2.75) is 26.2 Å². The Kier molecular flexibility index (Phi) is 4.17. The fourth-order valence-electron chi connectivity index (χ4n) is 1.62. The number of alkyl halides is 2. The van der Waals surface area contributed by atoms with Crippen LogP contribution < -0.4 is 5.32 Å². The number of hydrogen-bond donors (Lipinski definition) is 2. The molecule has 112 valence electrons. The van der Waals surface area contributed by atoms with Crippen LogP contribution in [0.1, 0.15) is 34.1 Å². The number of carbonyl (C=O) groups is 1. The van der Waals surface area contributed by atoms with Crippen molar-refractivity contribution in [1.82, 2.24) is 9.97 Å². The summed E-state index contributed by atoms with van der Waals surface area (Å²) in [5.41, 5.74) is -0.591. The number of amides is 1. The zero-order valence-electron chi connectivity index (χ0n) is 11.4. The summed E-state index contributed by atoms with van der Waals surface area (Å²) in [5.74, 6) is -4.38. The number of carbonyl (C=O) groups excluding carboxylic acids is 1. The molecule has 2 heterocycles. The molecule has 0 atom stereocenters. The van der Waals surface area contributed by atoms with Gasteiger partial charge in [0.2, 0.25) is 0 Å². The quantitative estimate of drug-likeness (QED) is 0.909. The summed E-state index contributed by atoms with van der Waals surface area (Å²) in [4.78, 5) is 20.1. The maximum Gasteiger partial charge on any atom is 0.274 e. The lowest BCUT2D eigenvalue weighted by Gasteiger charge is -2.13. The number of hydrogen-bond acceptors (Lipinski definition) is 5. The molecule has 2 N–H and O–H groups in total. The first-order valence-electron chi connectivity index (χ1n) is 6.14. The number of halogens is 2. The highest BCUT2D eigenvalue weighted by molar-refractivity contribution is 7.13. The van der Waals surface area contributed by atoms with Gasteiger partial charge in [-0.3, -0.25) is 4.79 Å². The molecule has 0 spiro atoms. The van der Waals surface area contributed by atoms with Crippen LogP contribution in [0.25, 0.3) is 0 Å². The van der Waals surface area contributed by atoms with Crippen LogP contribution in [-0.2, 0) is 12.3 Å². The van der Waals surface area contributed by atoms with Crippen molar-refractivity contribution >= 4 is 23.1 Å². The second-order valence-corrected chi connectivity index (χ2v) is 5.52. The average molecular weight is 313 g/mol. The van der Waals surface area contributed by atoms with E-state index in [1.165, 1.54) is 17.5 Å². The number of anilines is 1. The maximum absolute atomic E-state index is 13.3. The molecule has 0 aliphatic carbocycles. The van der Waals surface area contributed by atoms with E-state index in [-0.39, 0.29) is 5.82 Å². The molecule has 0 saturated heterocycles. The predicted octanol–water partition coefficient (Wildman–Crippen LogP) is 3.17. The number of rotatable bonds is 4. The van der Waals surface area contributed by atoms with E-state index in [1.54, 1.807) is 0 Å². The van der Waals surface area contributed by atoms with E-state index in [4.69, 9.17) is 0 Å². The third-order valence-electron chi connectivity index (χ3n) is 2.68. The molecule has 0 bridgehead atoms. The van der Waals surface area contributed by atoms with Gasteiger partial charge in [0.1, 0.15) is 16.4 Å². The van der Waals surface area contributed by atoms with Crippen molar-refractivity contribution in [3.8, 4) is 5.75 Å². The topological polar surface area (TPSA) is 75.1 Å². The number of nitrogens with zero attached hydrogens (tertiary/aromatic N) is 2. The first-order valence-corrected chi connectivity index (χ1v) is 6.96. The number of nitrogens with one attached hydrogen (secondary N) is 1. The molecule has 0 aliphatic rings. The Morgan fingerprint density at radius 3 is 2.71 bits per heavy atom.